The molecule has 0 unspecified atom stereocenters. The molecule has 0 aliphatic heterocycles. The van der Waals surface area contributed by atoms with E-state index in [9.17, 15) is 4.79 Å². The summed E-state index contributed by atoms with van der Waals surface area (Å²) in [5, 5.41) is 0. The summed E-state index contributed by atoms with van der Waals surface area (Å²) < 4.78 is 0. The van der Waals surface area contributed by atoms with Crippen LogP contribution < -0.4 is 4.90 Å². The first-order valence-corrected chi connectivity index (χ1v) is 9.85. The molecule has 1 aromatic carbocycles. The van der Waals surface area contributed by atoms with Crippen LogP contribution in [0.4, 0.5) is 5.95 Å². The van der Waals surface area contributed by atoms with Crippen molar-refractivity contribution in [3.05, 3.63) is 83.4 Å². The molecular formula is C23H27N5O. The SMILES string of the molecule is CCN(Cc1ccccc1)c1nc(C)cc(C(=O)N(C)CCc2ccncc2)n1. The highest BCUT2D eigenvalue weighted by Crippen LogP contribution is 2.15. The van der Waals surface area contributed by atoms with Crippen molar-refractivity contribution in [2.45, 2.75) is 26.8 Å². The Morgan fingerprint density at radius 1 is 1.00 bits per heavy atom. The number of amides is 1. The van der Waals surface area contributed by atoms with Gasteiger partial charge in [0.2, 0.25) is 5.95 Å². The molecule has 0 spiro atoms. The zero-order chi connectivity index (χ0) is 20.6. The molecule has 29 heavy (non-hydrogen) atoms. The van der Waals surface area contributed by atoms with Crippen molar-refractivity contribution in [3.63, 3.8) is 0 Å². The third kappa shape index (κ3) is 5.60. The highest BCUT2D eigenvalue weighted by Gasteiger charge is 2.17. The summed E-state index contributed by atoms with van der Waals surface area (Å²) >= 11 is 0. The zero-order valence-electron chi connectivity index (χ0n) is 17.2. The summed E-state index contributed by atoms with van der Waals surface area (Å²) in [4.78, 5) is 29.9. The summed E-state index contributed by atoms with van der Waals surface area (Å²) in [5.74, 6) is 0.490. The summed E-state index contributed by atoms with van der Waals surface area (Å²) in [6.45, 7) is 6.03. The van der Waals surface area contributed by atoms with Crippen molar-refractivity contribution in [1.82, 2.24) is 19.9 Å². The van der Waals surface area contributed by atoms with E-state index < -0.39 is 0 Å². The standard InChI is InChI=1S/C23H27N5O/c1-4-28(17-20-8-6-5-7-9-20)23-25-18(2)16-21(26-23)22(29)27(3)15-12-19-10-13-24-14-11-19/h5-11,13-14,16H,4,12,15,17H2,1-3H3. The van der Waals surface area contributed by atoms with Gasteiger partial charge in [-0.3, -0.25) is 9.78 Å². The highest BCUT2D eigenvalue weighted by molar-refractivity contribution is 5.92. The molecule has 0 saturated heterocycles. The van der Waals surface area contributed by atoms with Crippen LogP contribution in [0.15, 0.2) is 60.9 Å². The quantitative estimate of drug-likeness (QED) is 0.590. The molecule has 0 aliphatic carbocycles. The van der Waals surface area contributed by atoms with Crippen molar-refractivity contribution in [2.24, 2.45) is 0 Å². The van der Waals surface area contributed by atoms with Gasteiger partial charge in [-0.05, 0) is 49.6 Å². The number of nitrogens with zero attached hydrogens (tertiary/aromatic N) is 5. The molecule has 1 amide bonds. The van der Waals surface area contributed by atoms with Gasteiger partial charge in [0, 0.05) is 44.8 Å². The topological polar surface area (TPSA) is 62.2 Å². The lowest BCUT2D eigenvalue weighted by molar-refractivity contribution is 0.0790. The Labute approximate surface area is 172 Å². The van der Waals surface area contributed by atoms with Gasteiger partial charge in [0.05, 0.1) is 0 Å². The van der Waals surface area contributed by atoms with Crippen LogP contribution in [0, 0.1) is 6.92 Å². The molecule has 0 N–H and O–H groups in total. The minimum Gasteiger partial charge on any atom is -0.340 e. The van der Waals surface area contributed by atoms with E-state index in [1.165, 1.54) is 5.56 Å². The molecule has 0 atom stereocenters. The van der Waals surface area contributed by atoms with Gasteiger partial charge in [0.15, 0.2) is 0 Å². The molecule has 2 aromatic heterocycles. The summed E-state index contributed by atoms with van der Waals surface area (Å²) in [6, 6.07) is 15.9. The fourth-order valence-electron chi connectivity index (χ4n) is 3.07. The number of aromatic nitrogens is 3. The fourth-order valence-corrected chi connectivity index (χ4v) is 3.07. The summed E-state index contributed by atoms with van der Waals surface area (Å²) in [7, 11) is 1.81. The maximum Gasteiger partial charge on any atom is 0.272 e. The molecule has 0 aliphatic rings. The number of rotatable bonds is 8. The van der Waals surface area contributed by atoms with E-state index in [-0.39, 0.29) is 5.91 Å². The largest absolute Gasteiger partial charge is 0.340 e. The summed E-state index contributed by atoms with van der Waals surface area (Å²) in [6.07, 6.45) is 4.31. The third-order valence-corrected chi connectivity index (χ3v) is 4.77. The lowest BCUT2D eigenvalue weighted by Crippen LogP contribution is -2.31. The van der Waals surface area contributed by atoms with Gasteiger partial charge in [0.25, 0.3) is 5.91 Å². The van der Waals surface area contributed by atoms with Crippen molar-refractivity contribution in [1.29, 1.82) is 0 Å². The Kier molecular flexibility index (Phi) is 6.89. The van der Waals surface area contributed by atoms with Crippen LogP contribution in [0.1, 0.15) is 34.2 Å². The van der Waals surface area contributed by atoms with Crippen LogP contribution in [-0.2, 0) is 13.0 Å². The minimum absolute atomic E-state index is 0.0958. The maximum atomic E-state index is 12.9. The number of aryl methyl sites for hydroxylation is 1. The smallest absolute Gasteiger partial charge is 0.272 e. The molecule has 6 nitrogen and oxygen atoms in total. The molecule has 2 heterocycles. The number of benzene rings is 1. The van der Waals surface area contributed by atoms with Gasteiger partial charge >= 0.3 is 0 Å². The van der Waals surface area contributed by atoms with E-state index in [1.54, 1.807) is 23.4 Å². The molecule has 6 heteroatoms. The third-order valence-electron chi connectivity index (χ3n) is 4.77. The second-order valence-electron chi connectivity index (χ2n) is 7.03. The number of anilines is 1. The molecule has 3 rings (SSSR count). The first kappa shape index (κ1) is 20.5. The van der Waals surface area contributed by atoms with Crippen molar-refractivity contribution >= 4 is 11.9 Å². The molecule has 0 saturated carbocycles. The molecule has 0 fully saturated rings. The molecule has 3 aromatic rings. The Balaban J connectivity index is 1.73. The predicted molar refractivity (Wildman–Crippen MR) is 115 cm³/mol. The number of carbonyl (C=O) groups is 1. The Hall–Kier alpha value is -3.28. The Bertz CT molecular complexity index is 931. The molecule has 150 valence electrons. The first-order valence-electron chi connectivity index (χ1n) is 9.85. The van der Waals surface area contributed by atoms with Crippen LogP contribution in [0.3, 0.4) is 0 Å². The number of pyridine rings is 1. The fraction of sp³-hybridized carbons (Fsp3) is 0.304. The van der Waals surface area contributed by atoms with Crippen molar-refractivity contribution in [3.8, 4) is 0 Å². The zero-order valence-corrected chi connectivity index (χ0v) is 17.2. The van der Waals surface area contributed by atoms with Crippen molar-refractivity contribution in [2.75, 3.05) is 25.0 Å². The average molecular weight is 390 g/mol. The van der Waals surface area contributed by atoms with Crippen LogP contribution in [0.25, 0.3) is 0 Å². The van der Waals surface area contributed by atoms with E-state index in [2.05, 4.69) is 38.9 Å². The van der Waals surface area contributed by atoms with Crippen LogP contribution in [0.2, 0.25) is 0 Å². The molecular weight excluding hydrogens is 362 g/mol. The maximum absolute atomic E-state index is 12.9. The summed E-state index contributed by atoms with van der Waals surface area (Å²) in [5.41, 5.74) is 3.55. The monoisotopic (exact) mass is 389 g/mol. The van der Waals surface area contributed by atoms with Gasteiger partial charge in [0.1, 0.15) is 5.69 Å². The van der Waals surface area contributed by atoms with E-state index >= 15 is 0 Å². The normalized spacial score (nSPS) is 10.6. The first-order chi connectivity index (χ1) is 14.1. The minimum atomic E-state index is -0.0958. The van der Waals surface area contributed by atoms with Gasteiger partial charge in [-0.1, -0.05) is 30.3 Å². The van der Waals surface area contributed by atoms with Crippen LogP contribution in [-0.4, -0.2) is 45.9 Å². The highest BCUT2D eigenvalue weighted by atomic mass is 16.2. The van der Waals surface area contributed by atoms with E-state index in [0.29, 0.717) is 24.7 Å². The number of carbonyl (C=O) groups excluding carboxylic acids is 1. The second kappa shape index (κ2) is 9.78. The van der Waals surface area contributed by atoms with E-state index in [1.807, 2.05) is 44.3 Å². The van der Waals surface area contributed by atoms with Crippen LogP contribution in [0.5, 0.6) is 0 Å². The van der Waals surface area contributed by atoms with E-state index in [4.69, 9.17) is 0 Å². The lowest BCUT2D eigenvalue weighted by atomic mass is 10.2. The Morgan fingerprint density at radius 3 is 2.41 bits per heavy atom. The Morgan fingerprint density at radius 2 is 1.72 bits per heavy atom. The number of hydrogen-bond donors (Lipinski definition) is 0. The van der Waals surface area contributed by atoms with Gasteiger partial charge in [-0.15, -0.1) is 0 Å². The van der Waals surface area contributed by atoms with Crippen molar-refractivity contribution < 1.29 is 4.79 Å². The molecule has 0 bridgehead atoms. The number of hydrogen-bond acceptors (Lipinski definition) is 5. The van der Waals surface area contributed by atoms with Gasteiger partial charge < -0.3 is 9.80 Å². The van der Waals surface area contributed by atoms with Crippen LogP contribution >= 0.6 is 0 Å². The van der Waals surface area contributed by atoms with E-state index in [0.717, 1.165) is 24.2 Å². The molecule has 0 radical (unpaired) electrons. The number of likely N-dealkylation sites (N-methyl/N-ethyl adjacent to an activating group) is 1. The van der Waals surface area contributed by atoms with Gasteiger partial charge in [-0.2, -0.15) is 0 Å². The van der Waals surface area contributed by atoms with Gasteiger partial charge in [-0.25, -0.2) is 9.97 Å². The lowest BCUT2D eigenvalue weighted by Gasteiger charge is -2.23. The predicted octanol–water partition coefficient (Wildman–Crippen LogP) is 3.52. The average Bonchev–Trinajstić information content (AvgIpc) is 2.76. The second-order valence-corrected chi connectivity index (χ2v) is 7.03.